The molecule has 5 aromatic carbocycles. The number of unbranched alkanes of at least 4 members (excludes halogenated alkanes) is 15. The lowest BCUT2D eigenvalue weighted by Gasteiger charge is -2.12. The van der Waals surface area contributed by atoms with E-state index in [9.17, 15) is 0 Å². The fourth-order valence-electron chi connectivity index (χ4n) is 11.1. The molecule has 400 valence electrons. The molecular formula is C72H75N5O2. The first-order chi connectivity index (χ1) is 38.9. The monoisotopic (exact) mass is 1040 g/mol. The molecule has 0 radical (unpaired) electrons. The van der Waals surface area contributed by atoms with Gasteiger partial charge >= 0.3 is 0 Å². The summed E-state index contributed by atoms with van der Waals surface area (Å²) in [7, 11) is 0. The Morgan fingerprint density at radius 1 is 0.316 bits per heavy atom. The van der Waals surface area contributed by atoms with Gasteiger partial charge < -0.3 is 9.47 Å². The number of fused-ring (bicyclic) bond motifs is 3. The highest BCUT2D eigenvalue weighted by molar-refractivity contribution is 6.04. The second-order valence-corrected chi connectivity index (χ2v) is 21.4. The molecule has 0 amide bonds. The summed E-state index contributed by atoms with van der Waals surface area (Å²) in [4.78, 5) is 24.2. The zero-order chi connectivity index (χ0) is 54.0. The van der Waals surface area contributed by atoms with E-state index in [-0.39, 0.29) is 0 Å². The Kier molecular flexibility index (Phi) is 18.9. The van der Waals surface area contributed by atoms with E-state index >= 15 is 0 Å². The van der Waals surface area contributed by atoms with Crippen LogP contribution in [0.4, 0.5) is 0 Å². The van der Waals surface area contributed by atoms with Crippen LogP contribution in [0.15, 0.2) is 182 Å². The third-order valence-electron chi connectivity index (χ3n) is 15.3. The smallest absolute Gasteiger partial charge is 0.119 e. The number of ether oxygens (including phenoxy) is 2. The first kappa shape index (κ1) is 54.3. The Labute approximate surface area is 468 Å². The summed E-state index contributed by atoms with van der Waals surface area (Å²) < 4.78 is 12.3. The van der Waals surface area contributed by atoms with E-state index in [0.717, 1.165) is 121 Å². The minimum absolute atomic E-state index is 0.763. The lowest BCUT2D eigenvalue weighted by atomic mass is 9.96. The van der Waals surface area contributed by atoms with Gasteiger partial charge in [-0.05, 0) is 151 Å². The number of hydrogen-bond donors (Lipinski definition) is 0. The van der Waals surface area contributed by atoms with Crippen molar-refractivity contribution in [2.75, 3.05) is 13.2 Å². The SMILES string of the molecule is Cc1cc(C)c(-c2ccc3ccc4cc(-c5ccc(OCCCCCCCCCCCCCCCCCCOc6ccc(-c7cccc(-c8cc(-c9ccccn9)nc(-c9ccccn9)c8)c7)cc6)cc5)cnc4c3n2)c(C)c1. The van der Waals surface area contributed by atoms with E-state index < -0.39 is 0 Å². The lowest BCUT2D eigenvalue weighted by molar-refractivity contribution is 0.304. The number of aryl methyl sites for hydroxylation is 3. The highest BCUT2D eigenvalue weighted by Gasteiger charge is 2.14. The summed E-state index contributed by atoms with van der Waals surface area (Å²) in [5.74, 6) is 1.86. The first-order valence-corrected chi connectivity index (χ1v) is 29.1. The van der Waals surface area contributed by atoms with Crippen LogP contribution in [0.3, 0.4) is 0 Å². The first-order valence-electron chi connectivity index (χ1n) is 29.1. The minimum atomic E-state index is 0.763. The van der Waals surface area contributed by atoms with Crippen molar-refractivity contribution in [2.45, 2.75) is 124 Å². The molecule has 0 aliphatic heterocycles. The third-order valence-corrected chi connectivity index (χ3v) is 15.3. The summed E-state index contributed by atoms with van der Waals surface area (Å²) >= 11 is 0. The Bertz CT molecular complexity index is 3460. The Morgan fingerprint density at radius 3 is 1.32 bits per heavy atom. The number of benzene rings is 5. The van der Waals surface area contributed by atoms with Gasteiger partial charge in [0.15, 0.2) is 0 Å². The highest BCUT2D eigenvalue weighted by atomic mass is 16.5. The fraction of sp³-hybridized carbons (Fsp3) is 0.292. The van der Waals surface area contributed by atoms with E-state index in [1.807, 2.05) is 42.6 Å². The molecule has 0 fully saturated rings. The van der Waals surface area contributed by atoms with E-state index in [1.54, 1.807) is 12.4 Å². The molecule has 0 spiro atoms. The average Bonchev–Trinajstić information content (AvgIpc) is 3.51. The van der Waals surface area contributed by atoms with Crippen molar-refractivity contribution in [3.05, 3.63) is 199 Å². The van der Waals surface area contributed by atoms with Crippen LogP contribution in [0.2, 0.25) is 0 Å². The van der Waals surface area contributed by atoms with E-state index in [0.29, 0.717) is 0 Å². The molecule has 0 aliphatic rings. The van der Waals surface area contributed by atoms with Crippen LogP contribution in [-0.4, -0.2) is 38.1 Å². The van der Waals surface area contributed by atoms with Gasteiger partial charge in [-0.2, -0.15) is 0 Å². The Hall–Kier alpha value is -8.03. The van der Waals surface area contributed by atoms with Crippen molar-refractivity contribution in [3.8, 4) is 78.9 Å². The molecule has 7 heteroatoms. The quantitative estimate of drug-likeness (QED) is 0.0375. The molecule has 5 aromatic heterocycles. The molecule has 10 aromatic rings. The molecule has 0 N–H and O–H groups in total. The van der Waals surface area contributed by atoms with Crippen molar-refractivity contribution in [1.82, 2.24) is 24.9 Å². The molecule has 0 unspecified atom stereocenters. The summed E-state index contributed by atoms with van der Waals surface area (Å²) in [5, 5.41) is 2.20. The van der Waals surface area contributed by atoms with Gasteiger partial charge in [0.2, 0.25) is 0 Å². The van der Waals surface area contributed by atoms with Gasteiger partial charge in [-0.15, -0.1) is 0 Å². The average molecular weight is 1040 g/mol. The second-order valence-electron chi connectivity index (χ2n) is 21.4. The highest BCUT2D eigenvalue weighted by Crippen LogP contribution is 2.35. The molecule has 0 saturated carbocycles. The van der Waals surface area contributed by atoms with Crippen LogP contribution < -0.4 is 9.47 Å². The van der Waals surface area contributed by atoms with Gasteiger partial charge in [0.25, 0.3) is 0 Å². The molecule has 79 heavy (non-hydrogen) atoms. The number of pyridine rings is 5. The van der Waals surface area contributed by atoms with Gasteiger partial charge in [-0.25, -0.2) is 9.97 Å². The van der Waals surface area contributed by atoms with E-state index in [4.69, 9.17) is 24.4 Å². The van der Waals surface area contributed by atoms with Gasteiger partial charge in [0.05, 0.1) is 52.7 Å². The van der Waals surface area contributed by atoms with Crippen molar-refractivity contribution in [1.29, 1.82) is 0 Å². The molecule has 0 saturated heterocycles. The van der Waals surface area contributed by atoms with Crippen LogP contribution in [0, 0.1) is 20.8 Å². The van der Waals surface area contributed by atoms with Crippen LogP contribution in [0.5, 0.6) is 11.5 Å². The summed E-state index contributed by atoms with van der Waals surface area (Å²) in [5.41, 5.74) is 17.9. The zero-order valence-electron chi connectivity index (χ0n) is 46.6. The molecule has 7 nitrogen and oxygen atoms in total. The Balaban J connectivity index is 0.543. The molecule has 0 atom stereocenters. The molecular weight excluding hydrogens is 967 g/mol. The summed E-state index contributed by atoms with van der Waals surface area (Å²) in [6.07, 6.45) is 26.5. The number of nitrogens with zero attached hydrogens (tertiary/aromatic N) is 5. The van der Waals surface area contributed by atoms with Gasteiger partial charge in [-0.3, -0.25) is 15.0 Å². The van der Waals surface area contributed by atoms with Crippen LogP contribution in [0.25, 0.3) is 89.2 Å². The largest absolute Gasteiger partial charge is 0.494 e. The number of rotatable bonds is 27. The van der Waals surface area contributed by atoms with Crippen molar-refractivity contribution < 1.29 is 9.47 Å². The van der Waals surface area contributed by atoms with Gasteiger partial charge in [-0.1, -0.05) is 180 Å². The minimum Gasteiger partial charge on any atom is -0.494 e. The third kappa shape index (κ3) is 14.8. The van der Waals surface area contributed by atoms with Gasteiger partial charge in [0.1, 0.15) is 11.5 Å². The molecule has 0 bridgehead atoms. The van der Waals surface area contributed by atoms with Crippen LogP contribution in [0.1, 0.15) is 119 Å². The standard InChI is InChI=1S/C72H75N5O2/c1-52-45-53(2)70(54(3)46-52)67-40-35-57-29-30-60-48-62(51-75-71(60)72(57)77-67)56-33-38-64(39-34-56)79-44-23-17-15-13-11-9-7-5-4-6-8-10-12-14-16-22-43-78-63-36-31-55(32-37-63)58-25-24-26-59(47-58)61-49-68(65-27-18-20-41-73-65)76-69(50-61)66-28-19-21-42-74-66/h18-21,24-42,45-51H,4-17,22-23,43-44H2,1-3H3. The lowest BCUT2D eigenvalue weighted by Crippen LogP contribution is -1.97. The number of hydrogen-bond acceptors (Lipinski definition) is 7. The molecule has 5 heterocycles. The second kappa shape index (κ2) is 27.5. The van der Waals surface area contributed by atoms with Crippen LogP contribution in [-0.2, 0) is 0 Å². The zero-order valence-corrected chi connectivity index (χ0v) is 46.6. The summed E-state index contributed by atoms with van der Waals surface area (Å²) in [6, 6.07) is 57.0. The van der Waals surface area contributed by atoms with Gasteiger partial charge in [0, 0.05) is 40.5 Å². The normalized spacial score (nSPS) is 11.4. The fourth-order valence-corrected chi connectivity index (χ4v) is 11.1. The molecule has 10 rings (SSSR count). The number of aromatic nitrogens is 5. The maximum absolute atomic E-state index is 6.16. The predicted octanol–water partition coefficient (Wildman–Crippen LogP) is 19.6. The van der Waals surface area contributed by atoms with E-state index in [2.05, 4.69) is 158 Å². The molecule has 0 aliphatic carbocycles. The van der Waals surface area contributed by atoms with Crippen molar-refractivity contribution >= 4 is 21.8 Å². The van der Waals surface area contributed by atoms with Crippen molar-refractivity contribution in [3.63, 3.8) is 0 Å². The van der Waals surface area contributed by atoms with E-state index in [1.165, 1.54) is 112 Å². The maximum atomic E-state index is 6.16. The maximum Gasteiger partial charge on any atom is 0.119 e. The Morgan fingerprint density at radius 2 is 0.797 bits per heavy atom. The van der Waals surface area contributed by atoms with Crippen molar-refractivity contribution in [2.24, 2.45) is 0 Å². The topological polar surface area (TPSA) is 82.9 Å². The van der Waals surface area contributed by atoms with Crippen LogP contribution >= 0.6 is 0 Å². The predicted molar refractivity (Wildman–Crippen MR) is 329 cm³/mol. The summed E-state index contributed by atoms with van der Waals surface area (Å²) in [6.45, 7) is 8.02.